The van der Waals surface area contributed by atoms with Crippen molar-refractivity contribution in [3.8, 4) is 11.8 Å². The molecule has 0 fully saturated rings. The molecule has 1 unspecified atom stereocenters. The second kappa shape index (κ2) is 7.66. The molecule has 1 aromatic carbocycles. The highest BCUT2D eigenvalue weighted by molar-refractivity contribution is 5.96. The van der Waals surface area contributed by atoms with Gasteiger partial charge >= 0.3 is 0 Å². The maximum atomic E-state index is 12.6. The van der Waals surface area contributed by atoms with Gasteiger partial charge in [0.1, 0.15) is 11.5 Å². The summed E-state index contributed by atoms with van der Waals surface area (Å²) in [5, 5.41) is 6.85. The number of pyridine rings is 1. The molecule has 130 valence electrons. The zero-order valence-corrected chi connectivity index (χ0v) is 14.9. The quantitative estimate of drug-likeness (QED) is 0.733. The standard InChI is InChI=1S/C21H19N3O2/c1-14(20-15(2)24-26-16(20)3)21(25)23-19-9-6-7-17(13-19)10-11-18-8-4-5-12-22-18/h4-9,12-14H,1-3H3,(H,23,25). The molecule has 2 heterocycles. The van der Waals surface area contributed by atoms with Gasteiger partial charge in [-0.3, -0.25) is 4.79 Å². The van der Waals surface area contributed by atoms with E-state index in [0.717, 1.165) is 16.8 Å². The summed E-state index contributed by atoms with van der Waals surface area (Å²) in [4.78, 5) is 16.8. The van der Waals surface area contributed by atoms with Crippen LogP contribution in [0.25, 0.3) is 0 Å². The predicted molar refractivity (Wildman–Crippen MR) is 99.7 cm³/mol. The Morgan fingerprint density at radius 2 is 2.00 bits per heavy atom. The van der Waals surface area contributed by atoms with Crippen molar-refractivity contribution >= 4 is 11.6 Å². The van der Waals surface area contributed by atoms with Crippen molar-refractivity contribution in [3.05, 3.63) is 76.9 Å². The van der Waals surface area contributed by atoms with Crippen LogP contribution in [0.3, 0.4) is 0 Å². The summed E-state index contributed by atoms with van der Waals surface area (Å²) in [7, 11) is 0. The molecule has 2 aromatic heterocycles. The molecule has 0 spiro atoms. The van der Waals surface area contributed by atoms with Gasteiger partial charge in [0.05, 0.1) is 11.6 Å². The molecular weight excluding hydrogens is 326 g/mol. The first kappa shape index (κ1) is 17.4. The van der Waals surface area contributed by atoms with Crippen LogP contribution in [-0.4, -0.2) is 16.0 Å². The van der Waals surface area contributed by atoms with E-state index in [4.69, 9.17) is 4.52 Å². The lowest BCUT2D eigenvalue weighted by Crippen LogP contribution is -2.19. The molecule has 1 amide bonds. The number of aryl methyl sites for hydroxylation is 2. The molecule has 0 aliphatic heterocycles. The third kappa shape index (κ3) is 3.98. The van der Waals surface area contributed by atoms with Gasteiger partial charge in [-0.1, -0.05) is 23.2 Å². The SMILES string of the molecule is Cc1noc(C)c1C(C)C(=O)Nc1cccc(C#Cc2ccccn2)c1. The van der Waals surface area contributed by atoms with Crippen LogP contribution in [-0.2, 0) is 4.79 Å². The fourth-order valence-corrected chi connectivity index (χ4v) is 2.74. The van der Waals surface area contributed by atoms with Crippen LogP contribution in [0.5, 0.6) is 0 Å². The minimum atomic E-state index is -0.357. The highest BCUT2D eigenvalue weighted by Crippen LogP contribution is 2.24. The number of benzene rings is 1. The first-order chi connectivity index (χ1) is 12.5. The Balaban J connectivity index is 1.75. The maximum absolute atomic E-state index is 12.6. The van der Waals surface area contributed by atoms with Crippen molar-refractivity contribution in [2.24, 2.45) is 0 Å². The fraction of sp³-hybridized carbons (Fsp3) is 0.190. The molecule has 0 aliphatic rings. The largest absolute Gasteiger partial charge is 0.361 e. The molecule has 0 bridgehead atoms. The van der Waals surface area contributed by atoms with E-state index in [1.54, 1.807) is 6.20 Å². The molecule has 1 atom stereocenters. The number of anilines is 1. The molecule has 5 heteroatoms. The Morgan fingerprint density at radius 3 is 2.69 bits per heavy atom. The summed E-state index contributed by atoms with van der Waals surface area (Å²) >= 11 is 0. The first-order valence-corrected chi connectivity index (χ1v) is 8.31. The van der Waals surface area contributed by atoms with Crippen LogP contribution in [0.1, 0.15) is 41.1 Å². The Labute approximate surface area is 152 Å². The van der Waals surface area contributed by atoms with E-state index in [1.165, 1.54) is 0 Å². The molecule has 0 radical (unpaired) electrons. The minimum Gasteiger partial charge on any atom is -0.361 e. The van der Waals surface area contributed by atoms with Gasteiger partial charge in [0, 0.05) is 23.0 Å². The number of carbonyl (C=O) groups is 1. The lowest BCUT2D eigenvalue weighted by molar-refractivity contribution is -0.117. The van der Waals surface area contributed by atoms with E-state index in [2.05, 4.69) is 27.3 Å². The van der Waals surface area contributed by atoms with Crippen molar-refractivity contribution in [1.82, 2.24) is 10.1 Å². The average Bonchev–Trinajstić information content (AvgIpc) is 2.99. The number of hydrogen-bond donors (Lipinski definition) is 1. The summed E-state index contributed by atoms with van der Waals surface area (Å²) in [6, 6.07) is 13.0. The van der Waals surface area contributed by atoms with E-state index in [0.29, 0.717) is 17.1 Å². The summed E-state index contributed by atoms with van der Waals surface area (Å²) < 4.78 is 5.16. The normalized spacial score (nSPS) is 11.3. The number of nitrogens with one attached hydrogen (secondary N) is 1. The van der Waals surface area contributed by atoms with Crippen LogP contribution in [0.15, 0.2) is 53.2 Å². The summed E-state index contributed by atoms with van der Waals surface area (Å²) in [6.07, 6.45) is 1.71. The lowest BCUT2D eigenvalue weighted by Gasteiger charge is -2.12. The van der Waals surface area contributed by atoms with E-state index >= 15 is 0 Å². The minimum absolute atomic E-state index is 0.116. The van der Waals surface area contributed by atoms with Crippen molar-refractivity contribution < 1.29 is 9.32 Å². The van der Waals surface area contributed by atoms with Gasteiger partial charge in [0.2, 0.25) is 5.91 Å². The molecule has 0 aliphatic carbocycles. The van der Waals surface area contributed by atoms with Crippen LogP contribution >= 0.6 is 0 Å². The third-order valence-electron chi connectivity index (χ3n) is 4.04. The van der Waals surface area contributed by atoms with Gasteiger partial charge in [-0.2, -0.15) is 0 Å². The fourth-order valence-electron chi connectivity index (χ4n) is 2.74. The van der Waals surface area contributed by atoms with Crippen LogP contribution in [0.4, 0.5) is 5.69 Å². The highest BCUT2D eigenvalue weighted by atomic mass is 16.5. The van der Waals surface area contributed by atoms with Gasteiger partial charge in [-0.15, -0.1) is 0 Å². The Bertz CT molecular complexity index is 962. The van der Waals surface area contributed by atoms with E-state index in [1.807, 2.05) is 63.2 Å². The summed E-state index contributed by atoms with van der Waals surface area (Å²) in [5.74, 6) is 6.26. The van der Waals surface area contributed by atoms with Crippen LogP contribution in [0.2, 0.25) is 0 Å². The first-order valence-electron chi connectivity index (χ1n) is 8.31. The number of hydrogen-bond acceptors (Lipinski definition) is 4. The number of amides is 1. The topological polar surface area (TPSA) is 68.0 Å². The van der Waals surface area contributed by atoms with Crippen molar-refractivity contribution in [3.63, 3.8) is 0 Å². The van der Waals surface area contributed by atoms with Gasteiger partial charge in [-0.25, -0.2) is 4.98 Å². The zero-order valence-electron chi connectivity index (χ0n) is 14.9. The second-order valence-corrected chi connectivity index (χ2v) is 5.99. The number of rotatable bonds is 3. The van der Waals surface area contributed by atoms with Crippen molar-refractivity contribution in [1.29, 1.82) is 0 Å². The smallest absolute Gasteiger partial charge is 0.231 e. The molecule has 1 N–H and O–H groups in total. The molecular formula is C21H19N3O2. The molecule has 0 saturated heterocycles. The van der Waals surface area contributed by atoms with Crippen LogP contribution in [0, 0.1) is 25.7 Å². The van der Waals surface area contributed by atoms with Crippen molar-refractivity contribution in [2.45, 2.75) is 26.7 Å². The van der Waals surface area contributed by atoms with Gasteiger partial charge in [0.15, 0.2) is 0 Å². The Hall–Kier alpha value is -3.39. The van der Waals surface area contributed by atoms with Gasteiger partial charge in [-0.05, 0) is 57.0 Å². The number of aromatic nitrogens is 2. The molecule has 26 heavy (non-hydrogen) atoms. The van der Waals surface area contributed by atoms with E-state index in [-0.39, 0.29) is 11.8 Å². The molecule has 0 saturated carbocycles. The lowest BCUT2D eigenvalue weighted by atomic mass is 9.98. The van der Waals surface area contributed by atoms with Gasteiger partial charge in [0.25, 0.3) is 0 Å². The highest BCUT2D eigenvalue weighted by Gasteiger charge is 2.22. The Kier molecular flexibility index (Phi) is 5.14. The molecule has 3 aromatic rings. The van der Waals surface area contributed by atoms with E-state index in [9.17, 15) is 4.79 Å². The van der Waals surface area contributed by atoms with Crippen LogP contribution < -0.4 is 5.32 Å². The average molecular weight is 345 g/mol. The molecule has 3 rings (SSSR count). The summed E-state index contributed by atoms with van der Waals surface area (Å²) in [5.41, 5.74) is 3.77. The zero-order chi connectivity index (χ0) is 18.5. The Morgan fingerprint density at radius 1 is 1.15 bits per heavy atom. The monoisotopic (exact) mass is 345 g/mol. The maximum Gasteiger partial charge on any atom is 0.231 e. The number of carbonyl (C=O) groups excluding carboxylic acids is 1. The second-order valence-electron chi connectivity index (χ2n) is 5.99. The molecule has 5 nitrogen and oxygen atoms in total. The number of nitrogens with zero attached hydrogens (tertiary/aromatic N) is 2. The van der Waals surface area contributed by atoms with Crippen molar-refractivity contribution in [2.75, 3.05) is 5.32 Å². The predicted octanol–water partition coefficient (Wildman–Crippen LogP) is 3.83. The van der Waals surface area contributed by atoms with Gasteiger partial charge < -0.3 is 9.84 Å². The van der Waals surface area contributed by atoms with E-state index < -0.39 is 0 Å². The third-order valence-corrected chi connectivity index (χ3v) is 4.04. The summed E-state index contributed by atoms with van der Waals surface area (Å²) in [6.45, 7) is 5.49.